The van der Waals surface area contributed by atoms with Gasteiger partial charge in [0.2, 0.25) is 5.88 Å². The number of aromatic nitrogens is 1. The van der Waals surface area contributed by atoms with Crippen LogP contribution in [0.5, 0.6) is 5.88 Å². The molecule has 6 heteroatoms. The minimum Gasteiger partial charge on any atom is -0.468 e. The first kappa shape index (κ1) is 11.8. The molecule has 0 saturated heterocycles. The average molecular weight is 220 g/mol. The van der Waals surface area contributed by atoms with Crippen molar-refractivity contribution in [2.75, 3.05) is 13.2 Å². The molecule has 84 valence electrons. The molecule has 0 bridgehead atoms. The van der Waals surface area contributed by atoms with Crippen LogP contribution in [0.1, 0.15) is 5.56 Å². The number of hydrogen-bond acceptors (Lipinski definition) is 3. The zero-order chi connectivity index (χ0) is 11.3. The predicted molar refractivity (Wildman–Crippen MR) is 48.5 cm³/mol. The molecule has 0 aromatic carbocycles. The first-order chi connectivity index (χ1) is 7.01. The second-order valence-electron chi connectivity index (χ2n) is 2.95. The molecule has 0 amide bonds. The highest BCUT2D eigenvalue weighted by Gasteiger charge is 2.28. The summed E-state index contributed by atoms with van der Waals surface area (Å²) in [6.07, 6.45) is -2.23. The molecule has 1 rings (SSSR count). The van der Waals surface area contributed by atoms with Gasteiger partial charge < -0.3 is 10.5 Å². The molecule has 0 fully saturated rings. The van der Waals surface area contributed by atoms with E-state index >= 15 is 0 Å². The first-order valence-electron chi connectivity index (χ1n) is 4.36. The number of rotatable bonds is 4. The van der Waals surface area contributed by atoms with Crippen molar-refractivity contribution in [1.82, 2.24) is 4.98 Å². The van der Waals surface area contributed by atoms with Crippen LogP contribution in [-0.4, -0.2) is 24.3 Å². The van der Waals surface area contributed by atoms with Crippen molar-refractivity contribution in [2.24, 2.45) is 5.73 Å². The van der Waals surface area contributed by atoms with Gasteiger partial charge in [0.1, 0.15) is 0 Å². The van der Waals surface area contributed by atoms with Crippen LogP contribution in [0.25, 0.3) is 0 Å². The highest BCUT2D eigenvalue weighted by Crippen LogP contribution is 2.16. The highest BCUT2D eigenvalue weighted by molar-refractivity contribution is 5.18. The third-order valence-corrected chi connectivity index (χ3v) is 1.61. The average Bonchev–Trinajstić information content (AvgIpc) is 2.16. The SMILES string of the molecule is NCCc1ccc(OCC(F)(F)F)nc1. The van der Waals surface area contributed by atoms with Gasteiger partial charge in [-0.25, -0.2) is 4.98 Å². The quantitative estimate of drug-likeness (QED) is 0.836. The molecular weight excluding hydrogens is 209 g/mol. The van der Waals surface area contributed by atoms with Crippen molar-refractivity contribution in [3.8, 4) is 5.88 Å². The maximum atomic E-state index is 11.8. The molecule has 0 spiro atoms. The molecule has 0 radical (unpaired) electrons. The van der Waals surface area contributed by atoms with E-state index in [1.165, 1.54) is 12.3 Å². The Labute approximate surface area is 85.1 Å². The van der Waals surface area contributed by atoms with Crippen molar-refractivity contribution in [1.29, 1.82) is 0 Å². The molecule has 15 heavy (non-hydrogen) atoms. The second kappa shape index (κ2) is 4.97. The molecule has 1 heterocycles. The molecule has 0 aliphatic rings. The summed E-state index contributed by atoms with van der Waals surface area (Å²) in [6.45, 7) is -0.847. The van der Waals surface area contributed by atoms with E-state index in [-0.39, 0.29) is 5.88 Å². The van der Waals surface area contributed by atoms with E-state index in [1.54, 1.807) is 6.07 Å². The lowest BCUT2D eigenvalue weighted by Gasteiger charge is -2.08. The molecule has 2 N–H and O–H groups in total. The minimum absolute atomic E-state index is 0.0342. The van der Waals surface area contributed by atoms with Gasteiger partial charge in [0.05, 0.1) is 0 Å². The van der Waals surface area contributed by atoms with Gasteiger partial charge in [-0.2, -0.15) is 13.2 Å². The number of halogens is 3. The lowest BCUT2D eigenvalue weighted by molar-refractivity contribution is -0.154. The molecular formula is C9H11F3N2O. The summed E-state index contributed by atoms with van der Waals surface area (Å²) < 4.78 is 39.8. The van der Waals surface area contributed by atoms with E-state index in [2.05, 4.69) is 9.72 Å². The van der Waals surface area contributed by atoms with Gasteiger partial charge in [-0.15, -0.1) is 0 Å². The fraction of sp³-hybridized carbons (Fsp3) is 0.444. The van der Waals surface area contributed by atoms with Crippen molar-refractivity contribution < 1.29 is 17.9 Å². The summed E-state index contributed by atoms with van der Waals surface area (Å²) in [5.41, 5.74) is 6.18. The first-order valence-corrected chi connectivity index (χ1v) is 4.36. The summed E-state index contributed by atoms with van der Waals surface area (Å²) in [4.78, 5) is 3.72. The fourth-order valence-electron chi connectivity index (χ4n) is 0.967. The van der Waals surface area contributed by atoms with E-state index in [9.17, 15) is 13.2 Å². The minimum atomic E-state index is -4.34. The van der Waals surface area contributed by atoms with Gasteiger partial charge in [-0.3, -0.25) is 0 Å². The van der Waals surface area contributed by atoms with Gasteiger partial charge in [0, 0.05) is 12.3 Å². The maximum Gasteiger partial charge on any atom is 0.422 e. The molecule has 3 nitrogen and oxygen atoms in total. The summed E-state index contributed by atoms with van der Waals surface area (Å²) in [6, 6.07) is 3.04. The summed E-state index contributed by atoms with van der Waals surface area (Å²) in [5.74, 6) is -0.0342. The van der Waals surface area contributed by atoms with Crippen molar-refractivity contribution >= 4 is 0 Å². The Bertz CT molecular complexity index is 297. The number of alkyl halides is 3. The smallest absolute Gasteiger partial charge is 0.422 e. The van der Waals surface area contributed by atoms with Crippen LogP contribution < -0.4 is 10.5 Å². The Morgan fingerprint density at radius 3 is 2.53 bits per heavy atom. The number of nitrogens with zero attached hydrogens (tertiary/aromatic N) is 1. The summed E-state index contributed by atoms with van der Waals surface area (Å²) in [7, 11) is 0. The standard InChI is InChI=1S/C9H11F3N2O/c10-9(11,12)6-15-8-2-1-7(3-4-13)5-14-8/h1-2,5H,3-4,6,13H2. The van der Waals surface area contributed by atoms with E-state index in [0.717, 1.165) is 5.56 Å². The molecule has 0 aliphatic carbocycles. The Morgan fingerprint density at radius 2 is 2.07 bits per heavy atom. The van der Waals surface area contributed by atoms with Crippen LogP contribution in [0.3, 0.4) is 0 Å². The third kappa shape index (κ3) is 4.64. The molecule has 0 aliphatic heterocycles. The number of pyridine rings is 1. The van der Waals surface area contributed by atoms with Gasteiger partial charge in [-0.05, 0) is 18.5 Å². The molecule has 0 atom stereocenters. The van der Waals surface area contributed by atoms with Crippen molar-refractivity contribution in [2.45, 2.75) is 12.6 Å². The zero-order valence-electron chi connectivity index (χ0n) is 7.92. The second-order valence-corrected chi connectivity index (χ2v) is 2.95. The largest absolute Gasteiger partial charge is 0.468 e. The van der Waals surface area contributed by atoms with E-state index in [4.69, 9.17) is 5.73 Å². The van der Waals surface area contributed by atoms with Crippen LogP contribution in [0, 0.1) is 0 Å². The van der Waals surface area contributed by atoms with Crippen molar-refractivity contribution in [3.05, 3.63) is 23.9 Å². The van der Waals surface area contributed by atoms with Crippen LogP contribution in [-0.2, 0) is 6.42 Å². The monoisotopic (exact) mass is 220 g/mol. The Hall–Kier alpha value is -1.30. The topological polar surface area (TPSA) is 48.1 Å². The molecule has 0 saturated carbocycles. The summed E-state index contributed by atoms with van der Waals surface area (Å²) in [5, 5.41) is 0. The fourth-order valence-corrected chi connectivity index (χ4v) is 0.967. The Kier molecular flexibility index (Phi) is 3.90. The van der Waals surface area contributed by atoms with E-state index in [1.807, 2.05) is 0 Å². The Balaban J connectivity index is 2.50. The maximum absolute atomic E-state index is 11.8. The van der Waals surface area contributed by atoms with Crippen LogP contribution in [0.2, 0.25) is 0 Å². The van der Waals surface area contributed by atoms with Crippen molar-refractivity contribution in [3.63, 3.8) is 0 Å². The summed E-state index contributed by atoms with van der Waals surface area (Å²) >= 11 is 0. The number of nitrogens with two attached hydrogens (primary N) is 1. The van der Waals surface area contributed by atoms with Gasteiger partial charge >= 0.3 is 6.18 Å². The third-order valence-electron chi connectivity index (χ3n) is 1.61. The lowest BCUT2D eigenvalue weighted by atomic mass is 10.2. The predicted octanol–water partition coefficient (Wildman–Crippen LogP) is 1.52. The number of hydrogen-bond donors (Lipinski definition) is 1. The van der Waals surface area contributed by atoms with Crippen LogP contribution in [0.15, 0.2) is 18.3 Å². The lowest BCUT2D eigenvalue weighted by Crippen LogP contribution is -2.19. The van der Waals surface area contributed by atoms with Gasteiger partial charge in [-0.1, -0.05) is 6.07 Å². The van der Waals surface area contributed by atoms with Gasteiger partial charge in [0.15, 0.2) is 6.61 Å². The van der Waals surface area contributed by atoms with E-state index < -0.39 is 12.8 Å². The van der Waals surface area contributed by atoms with Crippen LogP contribution in [0.4, 0.5) is 13.2 Å². The highest BCUT2D eigenvalue weighted by atomic mass is 19.4. The van der Waals surface area contributed by atoms with Gasteiger partial charge in [0.25, 0.3) is 0 Å². The Morgan fingerprint density at radius 1 is 1.33 bits per heavy atom. The number of ether oxygens (including phenoxy) is 1. The normalized spacial score (nSPS) is 11.5. The van der Waals surface area contributed by atoms with E-state index in [0.29, 0.717) is 13.0 Å². The van der Waals surface area contributed by atoms with Crippen LogP contribution >= 0.6 is 0 Å². The molecule has 1 aromatic rings. The molecule has 0 unspecified atom stereocenters. The molecule has 1 aromatic heterocycles. The zero-order valence-corrected chi connectivity index (χ0v) is 7.92.